The number of benzene rings is 2. The van der Waals surface area contributed by atoms with Crippen LogP contribution >= 0.6 is 0 Å². The molecule has 0 spiro atoms. The molecule has 2 fully saturated rings. The molecule has 17 heteroatoms. The lowest BCUT2D eigenvalue weighted by Crippen LogP contribution is -2.42. The summed E-state index contributed by atoms with van der Waals surface area (Å²) in [5.74, 6) is -0.947. The van der Waals surface area contributed by atoms with Crippen LogP contribution in [0.4, 0.5) is 19.2 Å². The van der Waals surface area contributed by atoms with Crippen LogP contribution in [0.2, 0.25) is 0 Å². The van der Waals surface area contributed by atoms with Crippen LogP contribution in [0.5, 0.6) is 0 Å². The molecule has 2 aliphatic carbocycles. The first kappa shape index (κ1) is 53.6. The summed E-state index contributed by atoms with van der Waals surface area (Å²) >= 11 is 0. The van der Waals surface area contributed by atoms with E-state index in [9.17, 15) is 28.8 Å². The Morgan fingerprint density at radius 1 is 0.571 bits per heavy atom. The molecule has 2 atom stereocenters. The fraction of sp³-hybridized carbons (Fsp3) is 0.609. The van der Waals surface area contributed by atoms with Crippen molar-refractivity contribution in [3.8, 4) is 0 Å². The Labute approximate surface area is 371 Å². The van der Waals surface area contributed by atoms with Gasteiger partial charge in [0.2, 0.25) is 0 Å². The third-order valence-corrected chi connectivity index (χ3v) is 9.67. The summed E-state index contributed by atoms with van der Waals surface area (Å²) in [6, 6.07) is 17.0. The zero-order valence-corrected chi connectivity index (χ0v) is 38.1. The number of aliphatic hydroxyl groups is 1. The van der Waals surface area contributed by atoms with E-state index in [1.807, 2.05) is 102 Å². The van der Waals surface area contributed by atoms with Crippen LogP contribution in [0.3, 0.4) is 0 Å². The van der Waals surface area contributed by atoms with E-state index in [1.54, 1.807) is 6.92 Å². The van der Waals surface area contributed by atoms with Crippen LogP contribution < -0.4 is 21.3 Å². The molecule has 0 aliphatic heterocycles. The lowest BCUT2D eigenvalue weighted by molar-refractivity contribution is -0.147. The van der Waals surface area contributed by atoms with E-state index in [2.05, 4.69) is 21.3 Å². The number of nitrogens with one attached hydrogen (secondary N) is 4. The Hall–Kier alpha value is -5.58. The zero-order chi connectivity index (χ0) is 47.0. The molecule has 0 saturated heterocycles. The Morgan fingerprint density at radius 2 is 0.952 bits per heavy atom. The number of aliphatic hydroxyl groups excluding tert-OH is 1. The molecule has 0 radical (unpaired) electrons. The number of ether oxygens (including phenoxy) is 5. The number of carbonyl (C=O) groups excluding carboxylic acids is 5. The molecule has 2 aromatic carbocycles. The molecule has 2 aromatic rings. The zero-order valence-electron chi connectivity index (χ0n) is 38.1. The number of amides is 4. The molecule has 0 heterocycles. The second kappa shape index (κ2) is 27.5. The van der Waals surface area contributed by atoms with Crippen molar-refractivity contribution in [1.82, 2.24) is 21.3 Å². The average Bonchev–Trinajstić information content (AvgIpc) is 3.22. The van der Waals surface area contributed by atoms with Crippen molar-refractivity contribution in [3.63, 3.8) is 0 Å². The molecule has 4 rings (SSSR count). The monoisotopic (exact) mass is 886 g/mol. The SMILES string of the molecule is CC(C)(C)OC(=O)NC1CCC(CO)CC1.C[C@H](NC(=O)OCc1ccccc1)C(=O)O.C[C@H](NC(=O)OCc1ccccc1)C(=O)OCC1CCC(NC(=O)OC(C)(C)C)CC1. The van der Waals surface area contributed by atoms with Crippen LogP contribution in [-0.4, -0.2) is 95.1 Å². The van der Waals surface area contributed by atoms with E-state index in [-0.39, 0.29) is 43.9 Å². The smallest absolute Gasteiger partial charge is 0.408 e. The Kier molecular flexibility index (Phi) is 23.4. The normalized spacial score (nSPS) is 19.3. The molecule has 63 heavy (non-hydrogen) atoms. The molecular formula is C46H70N4O13. The first-order valence-electron chi connectivity index (χ1n) is 21.6. The summed E-state index contributed by atoms with van der Waals surface area (Å²) in [7, 11) is 0. The number of alkyl carbamates (subject to hydrolysis) is 4. The number of esters is 1. The predicted molar refractivity (Wildman–Crippen MR) is 234 cm³/mol. The summed E-state index contributed by atoms with van der Waals surface area (Å²) in [5, 5.41) is 28.0. The fourth-order valence-corrected chi connectivity index (χ4v) is 6.24. The van der Waals surface area contributed by atoms with E-state index < -0.39 is 53.5 Å². The summed E-state index contributed by atoms with van der Waals surface area (Å²) in [6.45, 7) is 14.8. The lowest BCUT2D eigenvalue weighted by atomic mass is 9.86. The highest BCUT2D eigenvalue weighted by Gasteiger charge is 2.27. The maximum absolute atomic E-state index is 12.2. The minimum Gasteiger partial charge on any atom is -0.480 e. The predicted octanol–water partition coefficient (Wildman–Crippen LogP) is 7.38. The maximum atomic E-state index is 12.2. The van der Waals surface area contributed by atoms with Gasteiger partial charge in [-0.3, -0.25) is 4.79 Å². The number of carbonyl (C=O) groups is 6. The Balaban J connectivity index is 0.000000359. The van der Waals surface area contributed by atoms with Gasteiger partial charge >= 0.3 is 36.3 Å². The van der Waals surface area contributed by atoms with Crippen LogP contribution in [-0.2, 0) is 46.5 Å². The first-order valence-corrected chi connectivity index (χ1v) is 21.6. The van der Waals surface area contributed by atoms with Gasteiger partial charge in [-0.2, -0.15) is 0 Å². The van der Waals surface area contributed by atoms with E-state index in [1.165, 1.54) is 6.92 Å². The molecule has 2 saturated carbocycles. The molecule has 352 valence electrons. The van der Waals surface area contributed by atoms with Gasteiger partial charge in [-0.25, -0.2) is 24.0 Å². The minimum absolute atomic E-state index is 0.0711. The van der Waals surface area contributed by atoms with E-state index >= 15 is 0 Å². The third-order valence-electron chi connectivity index (χ3n) is 9.67. The largest absolute Gasteiger partial charge is 0.480 e. The number of rotatable bonds is 13. The third kappa shape index (κ3) is 25.2. The van der Waals surface area contributed by atoms with Crippen LogP contribution in [0.25, 0.3) is 0 Å². The van der Waals surface area contributed by atoms with Gasteiger partial charge < -0.3 is 55.2 Å². The quantitative estimate of drug-likeness (QED) is 0.0852. The molecular weight excluding hydrogens is 817 g/mol. The number of hydrogen-bond donors (Lipinski definition) is 6. The van der Waals surface area contributed by atoms with Crippen LogP contribution in [0.1, 0.15) is 118 Å². The Bertz CT molecular complexity index is 1680. The van der Waals surface area contributed by atoms with Gasteiger partial charge in [0, 0.05) is 18.7 Å². The summed E-state index contributed by atoms with van der Waals surface area (Å²) in [5.41, 5.74) is 0.755. The van der Waals surface area contributed by atoms with E-state index in [0.29, 0.717) is 12.5 Å². The number of aliphatic carboxylic acids is 1. The Morgan fingerprint density at radius 3 is 1.32 bits per heavy atom. The van der Waals surface area contributed by atoms with Crippen molar-refractivity contribution in [2.24, 2.45) is 11.8 Å². The molecule has 6 N–H and O–H groups in total. The van der Waals surface area contributed by atoms with Crippen LogP contribution in [0, 0.1) is 11.8 Å². The highest BCUT2D eigenvalue weighted by Crippen LogP contribution is 2.26. The standard InChI is InChI=1S/C23H34N2O6.C12H23NO3.C11H13NO4/c1-16(24-21(27)30-15-17-8-6-5-7-9-17)20(26)29-14-18-10-12-19(13-11-18)25-22(28)31-23(2,3)4;1-12(2,3)16-11(15)13-10-6-4-9(8-14)5-7-10;1-8(10(13)14)12-11(15)16-7-9-5-3-2-4-6-9/h5-9,16,18-19H,10-15H2,1-4H3,(H,24,27)(H,25,28);9-10,14H,4-8H2,1-3H3,(H,13,15);2-6,8H,7H2,1H3,(H,12,15)(H,13,14)/t16-,18?,19?;;8-/m0.0/s1. The van der Waals surface area contributed by atoms with Crippen molar-refractivity contribution < 1.29 is 62.7 Å². The van der Waals surface area contributed by atoms with Crippen molar-refractivity contribution >= 4 is 36.3 Å². The van der Waals surface area contributed by atoms with Gasteiger partial charge in [0.05, 0.1) is 6.61 Å². The topological polar surface area (TPSA) is 237 Å². The number of carboxylic acids is 1. The second-order valence-electron chi connectivity index (χ2n) is 17.7. The van der Waals surface area contributed by atoms with Crippen molar-refractivity contribution in [3.05, 3.63) is 71.8 Å². The summed E-state index contributed by atoms with van der Waals surface area (Å²) in [4.78, 5) is 69.0. The van der Waals surface area contributed by atoms with Gasteiger partial charge in [0.1, 0.15) is 36.5 Å². The van der Waals surface area contributed by atoms with Crippen molar-refractivity contribution in [1.29, 1.82) is 0 Å². The molecule has 0 aromatic heterocycles. The molecule has 0 bridgehead atoms. The van der Waals surface area contributed by atoms with Gasteiger partial charge in [-0.05, 0) is 130 Å². The van der Waals surface area contributed by atoms with Crippen molar-refractivity contribution in [2.45, 2.75) is 155 Å². The average molecular weight is 887 g/mol. The van der Waals surface area contributed by atoms with Crippen LogP contribution in [0.15, 0.2) is 60.7 Å². The lowest BCUT2D eigenvalue weighted by Gasteiger charge is -2.30. The van der Waals surface area contributed by atoms with Gasteiger partial charge in [-0.1, -0.05) is 60.7 Å². The van der Waals surface area contributed by atoms with Gasteiger partial charge in [0.25, 0.3) is 0 Å². The summed E-state index contributed by atoms with van der Waals surface area (Å²) < 4.78 is 25.8. The van der Waals surface area contributed by atoms with E-state index in [4.69, 9.17) is 33.9 Å². The number of carboxylic acid groups (broad SMARTS) is 1. The molecule has 0 unspecified atom stereocenters. The second-order valence-corrected chi connectivity index (χ2v) is 17.7. The highest BCUT2D eigenvalue weighted by atomic mass is 16.6. The van der Waals surface area contributed by atoms with Gasteiger partial charge in [-0.15, -0.1) is 0 Å². The highest BCUT2D eigenvalue weighted by molar-refractivity contribution is 5.81. The maximum Gasteiger partial charge on any atom is 0.408 e. The van der Waals surface area contributed by atoms with E-state index in [0.717, 1.165) is 62.5 Å². The minimum atomic E-state index is -1.10. The van der Waals surface area contributed by atoms with Gasteiger partial charge in [0.15, 0.2) is 0 Å². The molecule has 2 aliphatic rings. The summed E-state index contributed by atoms with van der Waals surface area (Å²) in [6.07, 6.45) is 5.00. The molecule has 17 nitrogen and oxygen atoms in total. The van der Waals surface area contributed by atoms with Crippen molar-refractivity contribution in [2.75, 3.05) is 13.2 Å². The first-order chi connectivity index (χ1) is 29.6. The fourth-order valence-electron chi connectivity index (χ4n) is 6.24. The number of hydrogen-bond acceptors (Lipinski definition) is 12. The molecule has 4 amide bonds.